The Morgan fingerprint density at radius 2 is 2.10 bits per heavy atom. The number of ether oxygens (including phenoxy) is 1. The van der Waals surface area contributed by atoms with Crippen LogP contribution in [0, 0.1) is 6.92 Å². The summed E-state index contributed by atoms with van der Waals surface area (Å²) in [7, 11) is 0. The van der Waals surface area contributed by atoms with Crippen LogP contribution in [0.1, 0.15) is 47.2 Å². The number of benzene rings is 1. The van der Waals surface area contributed by atoms with Gasteiger partial charge in [0.15, 0.2) is 0 Å². The van der Waals surface area contributed by atoms with Crippen LogP contribution in [-0.2, 0) is 18.0 Å². The van der Waals surface area contributed by atoms with Gasteiger partial charge in [0, 0.05) is 12.4 Å². The molecule has 1 N–H and O–H groups in total. The minimum absolute atomic E-state index is 0.199. The van der Waals surface area contributed by atoms with Gasteiger partial charge in [0.05, 0.1) is 19.3 Å². The van der Waals surface area contributed by atoms with Crippen LogP contribution in [0.2, 0.25) is 0 Å². The van der Waals surface area contributed by atoms with Crippen molar-refractivity contribution in [1.82, 2.24) is 10.3 Å². The van der Waals surface area contributed by atoms with E-state index in [4.69, 9.17) is 4.74 Å². The summed E-state index contributed by atoms with van der Waals surface area (Å²) in [5.74, 6) is 0. The van der Waals surface area contributed by atoms with Crippen molar-refractivity contribution >= 4 is 0 Å². The molecule has 1 aromatic carbocycles. The third kappa shape index (κ3) is 2.99. The average molecular weight is 282 g/mol. The van der Waals surface area contributed by atoms with E-state index < -0.39 is 0 Å². The molecular formula is C18H22N2O. The van der Waals surface area contributed by atoms with Crippen molar-refractivity contribution in [3.8, 4) is 0 Å². The summed E-state index contributed by atoms with van der Waals surface area (Å²) in [6, 6.07) is 8.97. The molecule has 1 unspecified atom stereocenters. The molecule has 21 heavy (non-hydrogen) atoms. The molecule has 0 saturated carbocycles. The Hall–Kier alpha value is -1.71. The van der Waals surface area contributed by atoms with E-state index in [1.807, 2.05) is 12.4 Å². The normalized spacial score (nSPS) is 15.0. The van der Waals surface area contributed by atoms with Gasteiger partial charge in [-0.25, -0.2) is 0 Å². The fourth-order valence-corrected chi connectivity index (χ4v) is 2.85. The number of nitrogens with one attached hydrogen (secondary N) is 1. The molecule has 1 aliphatic rings. The first-order valence-corrected chi connectivity index (χ1v) is 7.63. The van der Waals surface area contributed by atoms with Crippen molar-refractivity contribution in [1.29, 1.82) is 0 Å². The zero-order valence-corrected chi connectivity index (χ0v) is 12.7. The lowest BCUT2D eigenvalue weighted by molar-refractivity contribution is 0.134. The van der Waals surface area contributed by atoms with Gasteiger partial charge in [-0.3, -0.25) is 4.98 Å². The summed E-state index contributed by atoms with van der Waals surface area (Å²) in [5.41, 5.74) is 6.46. The Bertz CT molecular complexity index is 624. The van der Waals surface area contributed by atoms with E-state index >= 15 is 0 Å². The largest absolute Gasteiger partial charge is 0.372 e. The predicted octanol–water partition coefficient (Wildman–Crippen LogP) is 3.51. The first-order chi connectivity index (χ1) is 10.3. The molecule has 0 fully saturated rings. The van der Waals surface area contributed by atoms with Crippen LogP contribution in [0.3, 0.4) is 0 Å². The Balaban J connectivity index is 1.97. The molecule has 0 aliphatic carbocycles. The van der Waals surface area contributed by atoms with Gasteiger partial charge in [0.25, 0.3) is 0 Å². The van der Waals surface area contributed by atoms with Crippen LogP contribution >= 0.6 is 0 Å². The highest BCUT2D eigenvalue weighted by Gasteiger charge is 2.19. The lowest BCUT2D eigenvalue weighted by Crippen LogP contribution is -2.24. The number of hydrogen-bond donors (Lipinski definition) is 1. The molecule has 1 atom stereocenters. The molecule has 0 saturated heterocycles. The number of rotatable bonds is 5. The van der Waals surface area contributed by atoms with Crippen molar-refractivity contribution in [2.45, 2.75) is 39.5 Å². The highest BCUT2D eigenvalue weighted by molar-refractivity contribution is 5.40. The Labute approximate surface area is 126 Å². The number of hydrogen-bond acceptors (Lipinski definition) is 3. The van der Waals surface area contributed by atoms with Gasteiger partial charge in [-0.05, 0) is 53.8 Å². The zero-order valence-electron chi connectivity index (χ0n) is 12.7. The number of nitrogens with zero attached hydrogens (tertiary/aromatic N) is 1. The second-order valence-electron chi connectivity index (χ2n) is 5.64. The highest BCUT2D eigenvalue weighted by Crippen LogP contribution is 2.28. The van der Waals surface area contributed by atoms with Gasteiger partial charge in [-0.2, -0.15) is 0 Å². The number of aromatic nitrogens is 1. The summed E-state index contributed by atoms with van der Waals surface area (Å²) in [6.07, 6.45) is 4.95. The molecule has 2 aromatic rings. The van der Waals surface area contributed by atoms with Crippen molar-refractivity contribution in [3.05, 3.63) is 64.5 Å². The topological polar surface area (TPSA) is 34.1 Å². The van der Waals surface area contributed by atoms with E-state index in [-0.39, 0.29) is 6.04 Å². The molecule has 1 aliphatic heterocycles. The maximum absolute atomic E-state index is 5.53. The van der Waals surface area contributed by atoms with E-state index in [1.165, 1.54) is 27.8 Å². The molecule has 3 rings (SSSR count). The van der Waals surface area contributed by atoms with E-state index in [1.54, 1.807) is 0 Å². The summed E-state index contributed by atoms with van der Waals surface area (Å²) in [5, 5.41) is 3.65. The van der Waals surface area contributed by atoms with Gasteiger partial charge >= 0.3 is 0 Å². The predicted molar refractivity (Wildman–Crippen MR) is 84.0 cm³/mol. The first-order valence-electron chi connectivity index (χ1n) is 7.63. The smallest absolute Gasteiger partial charge is 0.0725 e. The standard InChI is InChI=1S/C18H22N2O/c1-3-7-20-18(17-10-19-8-6-13(17)2)14-4-5-15-11-21-12-16(15)9-14/h4-6,8-10,18,20H,3,7,11-12H2,1-2H3. The van der Waals surface area contributed by atoms with Gasteiger partial charge in [-0.15, -0.1) is 0 Å². The Morgan fingerprint density at radius 3 is 2.90 bits per heavy atom. The molecular weight excluding hydrogens is 260 g/mol. The van der Waals surface area contributed by atoms with Crippen LogP contribution in [0.4, 0.5) is 0 Å². The molecule has 110 valence electrons. The molecule has 0 amide bonds. The third-order valence-corrected chi connectivity index (χ3v) is 4.07. The molecule has 2 heterocycles. The van der Waals surface area contributed by atoms with Crippen molar-refractivity contribution in [2.24, 2.45) is 0 Å². The molecule has 3 nitrogen and oxygen atoms in total. The fraction of sp³-hybridized carbons (Fsp3) is 0.389. The fourth-order valence-electron chi connectivity index (χ4n) is 2.85. The monoisotopic (exact) mass is 282 g/mol. The quantitative estimate of drug-likeness (QED) is 0.911. The number of fused-ring (bicyclic) bond motifs is 1. The Morgan fingerprint density at radius 1 is 1.24 bits per heavy atom. The van der Waals surface area contributed by atoms with Crippen molar-refractivity contribution in [2.75, 3.05) is 6.54 Å². The van der Waals surface area contributed by atoms with E-state index in [2.05, 4.69) is 48.4 Å². The average Bonchev–Trinajstić information content (AvgIpc) is 2.97. The highest BCUT2D eigenvalue weighted by atomic mass is 16.5. The van der Waals surface area contributed by atoms with Crippen LogP contribution in [0.5, 0.6) is 0 Å². The first kappa shape index (κ1) is 14.2. The third-order valence-electron chi connectivity index (χ3n) is 4.07. The van der Waals surface area contributed by atoms with E-state index in [9.17, 15) is 0 Å². The van der Waals surface area contributed by atoms with Crippen LogP contribution in [0.25, 0.3) is 0 Å². The number of pyridine rings is 1. The minimum atomic E-state index is 0.199. The molecule has 0 radical (unpaired) electrons. The zero-order chi connectivity index (χ0) is 14.7. The van der Waals surface area contributed by atoms with E-state index in [0.717, 1.165) is 26.2 Å². The van der Waals surface area contributed by atoms with Crippen LogP contribution in [0.15, 0.2) is 36.7 Å². The van der Waals surface area contributed by atoms with Crippen LogP contribution < -0.4 is 5.32 Å². The molecule has 3 heteroatoms. The second-order valence-corrected chi connectivity index (χ2v) is 5.64. The second kappa shape index (κ2) is 6.37. The number of aryl methyl sites for hydroxylation is 1. The minimum Gasteiger partial charge on any atom is -0.372 e. The summed E-state index contributed by atoms with van der Waals surface area (Å²) >= 11 is 0. The van der Waals surface area contributed by atoms with Crippen molar-refractivity contribution < 1.29 is 4.74 Å². The summed E-state index contributed by atoms with van der Waals surface area (Å²) < 4.78 is 5.53. The summed E-state index contributed by atoms with van der Waals surface area (Å²) in [6.45, 7) is 6.81. The van der Waals surface area contributed by atoms with Gasteiger partial charge in [0.1, 0.15) is 0 Å². The molecule has 0 spiro atoms. The summed E-state index contributed by atoms with van der Waals surface area (Å²) in [4.78, 5) is 4.31. The van der Waals surface area contributed by atoms with Gasteiger partial charge in [0.2, 0.25) is 0 Å². The molecule has 0 bridgehead atoms. The van der Waals surface area contributed by atoms with Crippen LogP contribution in [-0.4, -0.2) is 11.5 Å². The lowest BCUT2D eigenvalue weighted by atomic mass is 9.94. The maximum Gasteiger partial charge on any atom is 0.0725 e. The van der Waals surface area contributed by atoms with Gasteiger partial charge < -0.3 is 10.1 Å². The molecule has 1 aromatic heterocycles. The maximum atomic E-state index is 5.53. The lowest BCUT2D eigenvalue weighted by Gasteiger charge is -2.21. The SMILES string of the molecule is CCCNC(c1ccc2c(c1)COC2)c1cnccc1C. The van der Waals surface area contributed by atoms with Gasteiger partial charge in [-0.1, -0.05) is 25.1 Å². The van der Waals surface area contributed by atoms with Crippen molar-refractivity contribution in [3.63, 3.8) is 0 Å². The van der Waals surface area contributed by atoms with E-state index in [0.29, 0.717) is 0 Å². The Kier molecular flexibility index (Phi) is 4.32.